The SMILES string of the molecule is FC(F)Nc1cc[c]cc1. The van der Waals surface area contributed by atoms with Crippen LogP contribution in [-0.4, -0.2) is 6.55 Å². The third-order valence-corrected chi connectivity index (χ3v) is 0.994. The number of halogens is 2. The Balaban J connectivity index is 2.59. The standard InChI is InChI=1S/C7H6F2N/c8-7(9)10-6-4-2-1-3-5-6/h2-5,7,10H. The summed E-state index contributed by atoms with van der Waals surface area (Å²) >= 11 is 0. The van der Waals surface area contributed by atoms with E-state index in [0.717, 1.165) is 0 Å². The number of hydrogen-bond acceptors (Lipinski definition) is 1. The molecule has 1 radical (unpaired) electrons. The maximum atomic E-state index is 11.6. The van der Waals surface area contributed by atoms with E-state index in [-0.39, 0.29) is 0 Å². The summed E-state index contributed by atoms with van der Waals surface area (Å²) in [6, 6.07) is 8.94. The summed E-state index contributed by atoms with van der Waals surface area (Å²) in [6.45, 7) is -2.50. The van der Waals surface area contributed by atoms with Gasteiger partial charge >= 0.3 is 6.55 Å². The van der Waals surface area contributed by atoms with E-state index in [1.165, 1.54) is 12.1 Å². The van der Waals surface area contributed by atoms with Crippen LogP contribution in [-0.2, 0) is 0 Å². The van der Waals surface area contributed by atoms with E-state index in [2.05, 4.69) is 6.07 Å². The summed E-state index contributed by atoms with van der Waals surface area (Å²) in [4.78, 5) is 0. The summed E-state index contributed by atoms with van der Waals surface area (Å²) in [6.07, 6.45) is 0. The highest BCUT2D eigenvalue weighted by Gasteiger charge is 1.98. The summed E-state index contributed by atoms with van der Waals surface area (Å²) in [5, 5.41) is 1.95. The van der Waals surface area contributed by atoms with Crippen molar-refractivity contribution in [3.63, 3.8) is 0 Å². The van der Waals surface area contributed by atoms with Crippen molar-refractivity contribution >= 4 is 5.69 Å². The van der Waals surface area contributed by atoms with Crippen molar-refractivity contribution < 1.29 is 8.78 Å². The van der Waals surface area contributed by atoms with Crippen LogP contribution < -0.4 is 5.32 Å². The Labute approximate surface area is 57.7 Å². The fraction of sp³-hybridized carbons (Fsp3) is 0.143. The van der Waals surface area contributed by atoms with E-state index in [1.807, 2.05) is 5.32 Å². The van der Waals surface area contributed by atoms with Crippen LogP contribution in [0.15, 0.2) is 24.3 Å². The summed E-state index contributed by atoms with van der Waals surface area (Å²) in [5.74, 6) is 0. The van der Waals surface area contributed by atoms with Crippen LogP contribution in [0.1, 0.15) is 0 Å². The molecule has 1 aromatic rings. The normalized spacial score (nSPS) is 9.90. The van der Waals surface area contributed by atoms with Gasteiger partial charge in [0.15, 0.2) is 0 Å². The van der Waals surface area contributed by atoms with Crippen LogP contribution in [0.25, 0.3) is 0 Å². The van der Waals surface area contributed by atoms with E-state index in [4.69, 9.17) is 0 Å². The zero-order chi connectivity index (χ0) is 7.40. The Morgan fingerprint density at radius 2 is 1.90 bits per heavy atom. The van der Waals surface area contributed by atoms with Crippen molar-refractivity contribution in [1.29, 1.82) is 0 Å². The molecule has 0 aliphatic carbocycles. The molecule has 1 rings (SSSR count). The molecule has 0 amide bonds. The van der Waals surface area contributed by atoms with E-state index >= 15 is 0 Å². The van der Waals surface area contributed by atoms with E-state index in [9.17, 15) is 8.78 Å². The minimum Gasteiger partial charge on any atom is -0.330 e. The Kier molecular flexibility index (Phi) is 2.20. The van der Waals surface area contributed by atoms with Crippen molar-refractivity contribution in [2.24, 2.45) is 0 Å². The highest BCUT2D eigenvalue weighted by molar-refractivity contribution is 5.41. The molecule has 10 heavy (non-hydrogen) atoms. The number of hydrogen-bond donors (Lipinski definition) is 1. The third kappa shape index (κ3) is 2.01. The van der Waals surface area contributed by atoms with Crippen molar-refractivity contribution in [1.82, 2.24) is 0 Å². The zero-order valence-corrected chi connectivity index (χ0v) is 5.14. The fourth-order valence-corrected chi connectivity index (χ4v) is 0.609. The lowest BCUT2D eigenvalue weighted by atomic mass is 10.3. The van der Waals surface area contributed by atoms with E-state index in [0.29, 0.717) is 5.69 Å². The molecule has 0 saturated heterocycles. The van der Waals surface area contributed by atoms with E-state index in [1.54, 1.807) is 12.1 Å². The number of benzene rings is 1. The van der Waals surface area contributed by atoms with Gasteiger partial charge in [-0.3, -0.25) is 0 Å². The monoisotopic (exact) mass is 142 g/mol. The molecule has 1 aromatic carbocycles. The molecule has 0 aromatic heterocycles. The highest BCUT2D eigenvalue weighted by atomic mass is 19.3. The molecule has 3 heteroatoms. The van der Waals surface area contributed by atoms with Crippen LogP contribution in [0.3, 0.4) is 0 Å². The van der Waals surface area contributed by atoms with Crippen LogP contribution in [0.5, 0.6) is 0 Å². The first-order valence-electron chi connectivity index (χ1n) is 2.80. The molecule has 1 nitrogen and oxygen atoms in total. The van der Waals surface area contributed by atoms with Crippen LogP contribution in [0, 0.1) is 6.07 Å². The topological polar surface area (TPSA) is 12.0 Å². The van der Waals surface area contributed by atoms with Crippen molar-refractivity contribution in [3.05, 3.63) is 30.3 Å². The van der Waals surface area contributed by atoms with E-state index < -0.39 is 6.55 Å². The highest BCUT2D eigenvalue weighted by Crippen LogP contribution is 2.07. The van der Waals surface area contributed by atoms with Crippen molar-refractivity contribution in [3.8, 4) is 0 Å². The largest absolute Gasteiger partial charge is 0.330 e. The Bertz CT molecular complexity index is 186. The molecule has 0 heterocycles. The van der Waals surface area contributed by atoms with Gasteiger partial charge < -0.3 is 5.32 Å². The van der Waals surface area contributed by atoms with Gasteiger partial charge in [-0.2, -0.15) is 8.78 Å². The van der Waals surface area contributed by atoms with Crippen LogP contribution in [0.4, 0.5) is 14.5 Å². The minimum absolute atomic E-state index is 0.411. The van der Waals surface area contributed by atoms with Gasteiger partial charge in [0.1, 0.15) is 0 Å². The molecule has 0 bridgehead atoms. The molecule has 0 aliphatic heterocycles. The quantitative estimate of drug-likeness (QED) is 0.623. The first-order chi connectivity index (χ1) is 4.79. The lowest BCUT2D eigenvalue weighted by Crippen LogP contribution is -2.05. The Hall–Kier alpha value is -1.12. The Morgan fingerprint density at radius 1 is 1.30 bits per heavy atom. The number of nitrogens with one attached hydrogen (secondary N) is 1. The first kappa shape index (κ1) is 6.99. The van der Waals surface area contributed by atoms with Crippen molar-refractivity contribution in [2.45, 2.75) is 6.55 Å². The lowest BCUT2D eigenvalue weighted by Gasteiger charge is -2.01. The van der Waals surface area contributed by atoms with Crippen LogP contribution >= 0.6 is 0 Å². The smallest absolute Gasteiger partial charge is 0.312 e. The lowest BCUT2D eigenvalue weighted by molar-refractivity contribution is 0.181. The van der Waals surface area contributed by atoms with Gasteiger partial charge in [0, 0.05) is 5.69 Å². The summed E-state index contributed by atoms with van der Waals surface area (Å²) in [7, 11) is 0. The number of rotatable bonds is 2. The molecule has 0 saturated carbocycles. The zero-order valence-electron chi connectivity index (χ0n) is 5.14. The third-order valence-electron chi connectivity index (χ3n) is 0.994. The first-order valence-corrected chi connectivity index (χ1v) is 2.80. The summed E-state index contributed by atoms with van der Waals surface area (Å²) < 4.78 is 23.2. The van der Waals surface area contributed by atoms with Gasteiger partial charge in [-0.25, -0.2) is 0 Å². The fourth-order valence-electron chi connectivity index (χ4n) is 0.609. The molecule has 0 atom stereocenters. The molecule has 0 unspecified atom stereocenters. The second-order valence-electron chi connectivity index (χ2n) is 1.73. The van der Waals surface area contributed by atoms with Crippen molar-refractivity contribution in [2.75, 3.05) is 5.32 Å². The number of alkyl halides is 2. The summed E-state index contributed by atoms with van der Waals surface area (Å²) in [5.41, 5.74) is 0.411. The molecular formula is C7H6F2N. The van der Waals surface area contributed by atoms with Gasteiger partial charge in [0.05, 0.1) is 0 Å². The van der Waals surface area contributed by atoms with Gasteiger partial charge in [-0.1, -0.05) is 12.1 Å². The maximum absolute atomic E-state index is 11.6. The predicted octanol–water partition coefficient (Wildman–Crippen LogP) is 2.12. The predicted molar refractivity (Wildman–Crippen MR) is 34.9 cm³/mol. The second kappa shape index (κ2) is 3.15. The van der Waals surface area contributed by atoms with Gasteiger partial charge in [-0.15, -0.1) is 0 Å². The molecular weight excluding hydrogens is 136 g/mol. The average Bonchev–Trinajstić information content (AvgIpc) is 1.88. The van der Waals surface area contributed by atoms with Crippen LogP contribution in [0.2, 0.25) is 0 Å². The minimum atomic E-state index is -2.50. The molecule has 1 N–H and O–H groups in total. The molecule has 0 fully saturated rings. The Morgan fingerprint density at radius 3 is 2.40 bits per heavy atom. The average molecular weight is 142 g/mol. The van der Waals surface area contributed by atoms with Gasteiger partial charge in [0.2, 0.25) is 0 Å². The number of anilines is 1. The van der Waals surface area contributed by atoms with Gasteiger partial charge in [-0.05, 0) is 18.2 Å². The molecule has 0 spiro atoms. The molecule has 0 aliphatic rings. The maximum Gasteiger partial charge on any atom is 0.312 e. The molecule has 53 valence electrons. The van der Waals surface area contributed by atoms with Gasteiger partial charge in [0.25, 0.3) is 0 Å². The second-order valence-corrected chi connectivity index (χ2v) is 1.73.